The fourth-order valence-corrected chi connectivity index (χ4v) is 5.16. The van der Waals surface area contributed by atoms with Crippen molar-refractivity contribution < 1.29 is 4.74 Å². The molecule has 2 atom stereocenters. The van der Waals surface area contributed by atoms with Crippen molar-refractivity contribution in [2.24, 2.45) is 0 Å². The van der Waals surface area contributed by atoms with E-state index in [1.807, 2.05) is 23.5 Å². The Hall–Kier alpha value is -0.900. The molecular formula is C24H34OS2. The normalized spacial score (nSPS) is 13.4. The van der Waals surface area contributed by atoms with Gasteiger partial charge in [-0.15, -0.1) is 23.5 Å². The van der Waals surface area contributed by atoms with E-state index in [9.17, 15) is 0 Å². The molecule has 0 bridgehead atoms. The number of rotatable bonds is 14. The average molecular weight is 403 g/mol. The number of hydrogen-bond donors (Lipinski definition) is 0. The van der Waals surface area contributed by atoms with E-state index in [0.29, 0.717) is 0 Å². The van der Waals surface area contributed by atoms with Crippen LogP contribution in [0.5, 0.6) is 0 Å². The van der Waals surface area contributed by atoms with Gasteiger partial charge in [-0.05, 0) is 35.5 Å². The maximum absolute atomic E-state index is 6.71. The van der Waals surface area contributed by atoms with Crippen molar-refractivity contribution >= 4 is 23.5 Å². The Morgan fingerprint density at radius 2 is 1.04 bits per heavy atom. The maximum Gasteiger partial charge on any atom is 0.130 e. The third kappa shape index (κ3) is 8.76. The van der Waals surface area contributed by atoms with E-state index in [2.05, 4.69) is 74.5 Å². The number of hydrogen-bond acceptors (Lipinski definition) is 3. The smallest absolute Gasteiger partial charge is 0.130 e. The van der Waals surface area contributed by atoms with Crippen LogP contribution in [0.15, 0.2) is 60.7 Å². The Morgan fingerprint density at radius 1 is 0.630 bits per heavy atom. The molecular weight excluding hydrogens is 368 g/mol. The summed E-state index contributed by atoms with van der Waals surface area (Å²) in [6, 6.07) is 21.4. The van der Waals surface area contributed by atoms with Gasteiger partial charge in [0.25, 0.3) is 0 Å². The van der Waals surface area contributed by atoms with E-state index >= 15 is 0 Å². The minimum absolute atomic E-state index is 0.0898. The monoisotopic (exact) mass is 402 g/mol. The van der Waals surface area contributed by atoms with Crippen LogP contribution < -0.4 is 0 Å². The van der Waals surface area contributed by atoms with E-state index in [0.717, 1.165) is 11.5 Å². The predicted octanol–water partition coefficient (Wildman–Crippen LogP) is 8.25. The van der Waals surface area contributed by atoms with Gasteiger partial charge in [-0.25, -0.2) is 0 Å². The van der Waals surface area contributed by atoms with E-state index in [4.69, 9.17) is 4.74 Å². The first-order valence-electron chi connectivity index (χ1n) is 10.3. The van der Waals surface area contributed by atoms with Gasteiger partial charge in [0.2, 0.25) is 0 Å². The zero-order valence-electron chi connectivity index (χ0n) is 16.8. The summed E-state index contributed by atoms with van der Waals surface area (Å²) in [5, 5.41) is 0. The molecule has 2 aromatic carbocycles. The van der Waals surface area contributed by atoms with E-state index in [1.165, 1.54) is 49.7 Å². The molecule has 0 radical (unpaired) electrons. The van der Waals surface area contributed by atoms with Crippen LogP contribution >= 0.6 is 23.5 Å². The SMILES string of the molecule is CCCCCSC(OC(SCCCCC)c1ccccc1)c1ccccc1. The van der Waals surface area contributed by atoms with Crippen LogP contribution in [0, 0.1) is 0 Å². The van der Waals surface area contributed by atoms with Crippen molar-refractivity contribution in [1.82, 2.24) is 0 Å². The van der Waals surface area contributed by atoms with Gasteiger partial charge in [0, 0.05) is 0 Å². The fraction of sp³-hybridized carbons (Fsp3) is 0.500. The lowest BCUT2D eigenvalue weighted by atomic mass is 10.2. The van der Waals surface area contributed by atoms with Crippen LogP contribution in [0.1, 0.15) is 74.4 Å². The molecule has 0 spiro atoms. The van der Waals surface area contributed by atoms with Crippen molar-refractivity contribution in [1.29, 1.82) is 0 Å². The Balaban J connectivity index is 2.07. The lowest BCUT2D eigenvalue weighted by Crippen LogP contribution is -2.07. The minimum atomic E-state index is 0.0898. The van der Waals surface area contributed by atoms with E-state index < -0.39 is 0 Å². The van der Waals surface area contributed by atoms with Gasteiger partial charge in [0.05, 0.1) is 0 Å². The van der Waals surface area contributed by atoms with Crippen LogP contribution in [0.3, 0.4) is 0 Å². The molecule has 0 aromatic heterocycles. The quantitative estimate of drug-likeness (QED) is 0.232. The molecule has 3 heteroatoms. The third-order valence-corrected chi connectivity index (χ3v) is 6.85. The second-order valence-electron chi connectivity index (χ2n) is 6.78. The molecule has 1 nitrogen and oxygen atoms in total. The van der Waals surface area contributed by atoms with Crippen LogP contribution in [0.2, 0.25) is 0 Å². The lowest BCUT2D eigenvalue weighted by molar-refractivity contribution is 0.0919. The molecule has 0 N–H and O–H groups in total. The highest BCUT2D eigenvalue weighted by molar-refractivity contribution is 8.00. The number of benzene rings is 2. The second-order valence-corrected chi connectivity index (χ2v) is 9.12. The highest BCUT2D eigenvalue weighted by atomic mass is 32.2. The van der Waals surface area contributed by atoms with Crippen molar-refractivity contribution in [3.05, 3.63) is 71.8 Å². The van der Waals surface area contributed by atoms with Gasteiger partial charge < -0.3 is 4.74 Å². The number of ether oxygens (including phenoxy) is 1. The largest absolute Gasteiger partial charge is 0.344 e. The van der Waals surface area contributed by atoms with Crippen LogP contribution in [-0.2, 0) is 4.74 Å². The van der Waals surface area contributed by atoms with Crippen molar-refractivity contribution in [3.63, 3.8) is 0 Å². The maximum atomic E-state index is 6.71. The first kappa shape index (κ1) is 22.4. The lowest BCUT2D eigenvalue weighted by Gasteiger charge is -2.25. The summed E-state index contributed by atoms with van der Waals surface area (Å²) in [7, 11) is 0. The molecule has 2 rings (SSSR count). The summed E-state index contributed by atoms with van der Waals surface area (Å²) in [5.41, 5.74) is 2.72. The molecule has 0 fully saturated rings. The van der Waals surface area contributed by atoms with Crippen molar-refractivity contribution in [2.45, 2.75) is 63.2 Å². The first-order valence-corrected chi connectivity index (χ1v) is 12.4. The topological polar surface area (TPSA) is 9.23 Å². The summed E-state index contributed by atoms with van der Waals surface area (Å²) in [6.45, 7) is 4.52. The molecule has 2 aromatic rings. The molecule has 0 aliphatic rings. The summed E-state index contributed by atoms with van der Waals surface area (Å²) < 4.78 is 6.71. The highest BCUT2D eigenvalue weighted by Crippen LogP contribution is 2.40. The Kier molecular flexibility index (Phi) is 11.7. The van der Waals surface area contributed by atoms with Crippen LogP contribution in [0.4, 0.5) is 0 Å². The van der Waals surface area contributed by atoms with Crippen molar-refractivity contribution in [3.8, 4) is 0 Å². The summed E-state index contributed by atoms with van der Waals surface area (Å²) in [5.74, 6) is 2.30. The molecule has 0 aliphatic carbocycles. The van der Waals surface area contributed by atoms with Gasteiger partial charge >= 0.3 is 0 Å². The zero-order chi connectivity index (χ0) is 19.2. The van der Waals surface area contributed by atoms with E-state index in [1.54, 1.807) is 0 Å². The molecule has 0 aliphatic heterocycles. The molecule has 148 valence electrons. The molecule has 0 amide bonds. The average Bonchev–Trinajstić information content (AvgIpc) is 2.73. The molecule has 2 unspecified atom stereocenters. The second kappa shape index (κ2) is 14.1. The standard InChI is InChI=1S/C24H34OS2/c1-3-5-13-19-26-23(21-15-9-7-10-16-21)25-24(27-20-14-6-4-2)22-17-11-8-12-18-22/h7-12,15-18,23-24H,3-6,13-14,19-20H2,1-2H3. The van der Waals surface area contributed by atoms with Crippen molar-refractivity contribution in [2.75, 3.05) is 11.5 Å². The molecule has 0 heterocycles. The van der Waals surface area contributed by atoms with Gasteiger partial charge in [-0.3, -0.25) is 0 Å². The van der Waals surface area contributed by atoms with Crippen LogP contribution in [0.25, 0.3) is 0 Å². The molecule has 27 heavy (non-hydrogen) atoms. The predicted molar refractivity (Wildman–Crippen MR) is 123 cm³/mol. The number of unbranched alkanes of at least 4 members (excludes halogenated alkanes) is 4. The summed E-state index contributed by atoms with van der Waals surface area (Å²) in [6.07, 6.45) is 7.63. The molecule has 0 saturated carbocycles. The summed E-state index contributed by atoms with van der Waals surface area (Å²) >= 11 is 3.89. The molecule has 0 saturated heterocycles. The fourth-order valence-electron chi connectivity index (χ4n) is 2.85. The van der Waals surface area contributed by atoms with Gasteiger partial charge in [-0.1, -0.05) is 100 Å². The minimum Gasteiger partial charge on any atom is -0.344 e. The highest BCUT2D eigenvalue weighted by Gasteiger charge is 2.20. The zero-order valence-corrected chi connectivity index (χ0v) is 18.4. The third-order valence-electron chi connectivity index (χ3n) is 4.42. The summed E-state index contributed by atoms with van der Waals surface area (Å²) in [4.78, 5) is 0. The number of thioether (sulfide) groups is 2. The van der Waals surface area contributed by atoms with Gasteiger partial charge in [0.15, 0.2) is 0 Å². The Labute approximate surface area is 174 Å². The van der Waals surface area contributed by atoms with Gasteiger partial charge in [0.1, 0.15) is 10.9 Å². The van der Waals surface area contributed by atoms with E-state index in [-0.39, 0.29) is 10.9 Å². The van der Waals surface area contributed by atoms with Crippen LogP contribution in [-0.4, -0.2) is 11.5 Å². The Bertz CT molecular complexity index is 534. The first-order chi connectivity index (χ1) is 13.3. The Morgan fingerprint density at radius 3 is 1.41 bits per heavy atom. The van der Waals surface area contributed by atoms with Gasteiger partial charge in [-0.2, -0.15) is 0 Å².